The van der Waals surface area contributed by atoms with Gasteiger partial charge in [-0.15, -0.1) is 0 Å². The van der Waals surface area contributed by atoms with Crippen LogP contribution in [0.25, 0.3) is 0 Å². The van der Waals surface area contributed by atoms with E-state index in [1.54, 1.807) is 0 Å². The van der Waals surface area contributed by atoms with Crippen molar-refractivity contribution < 1.29 is 23.4 Å². The zero-order valence-corrected chi connectivity index (χ0v) is 8.83. The van der Waals surface area contributed by atoms with Gasteiger partial charge in [-0.3, -0.25) is 9.78 Å². The molecule has 0 saturated heterocycles. The van der Waals surface area contributed by atoms with Crippen molar-refractivity contribution in [2.75, 3.05) is 7.11 Å². The highest BCUT2D eigenvalue weighted by molar-refractivity contribution is 5.71. The molecule has 0 spiro atoms. The molecule has 0 atom stereocenters. The highest BCUT2D eigenvalue weighted by atomic mass is 19.3. The molecule has 4 nitrogen and oxygen atoms in total. The summed E-state index contributed by atoms with van der Waals surface area (Å²) in [6, 6.07) is 0. The van der Waals surface area contributed by atoms with Crippen LogP contribution < -0.4 is 4.74 Å². The Hall–Kier alpha value is -1.72. The molecule has 0 radical (unpaired) electrons. The van der Waals surface area contributed by atoms with E-state index in [1.165, 1.54) is 14.0 Å². The van der Waals surface area contributed by atoms with E-state index in [-0.39, 0.29) is 29.0 Å². The Morgan fingerprint density at radius 3 is 2.69 bits per heavy atom. The summed E-state index contributed by atoms with van der Waals surface area (Å²) in [4.78, 5) is 14.2. The van der Waals surface area contributed by atoms with Crippen molar-refractivity contribution in [2.45, 2.75) is 19.8 Å². The molecule has 6 heteroatoms. The molecule has 0 fully saturated rings. The Morgan fingerprint density at radius 2 is 2.25 bits per heavy atom. The standard InChI is InChI=1S/C10H11F2NO3/c1-5-6(10(11)12)4-13-7(3-8(14)15)9(5)16-2/h4,10H,3H2,1-2H3,(H,14,15). The molecule has 1 aromatic rings. The number of aromatic nitrogens is 1. The lowest BCUT2D eigenvalue weighted by Crippen LogP contribution is -2.07. The van der Waals surface area contributed by atoms with Crippen LogP contribution in [0.4, 0.5) is 8.78 Å². The quantitative estimate of drug-likeness (QED) is 0.860. The Kier molecular flexibility index (Phi) is 3.76. The summed E-state index contributed by atoms with van der Waals surface area (Å²) >= 11 is 0. The molecule has 1 aromatic heterocycles. The van der Waals surface area contributed by atoms with Gasteiger partial charge in [0.25, 0.3) is 6.43 Å². The molecular formula is C10H11F2NO3. The van der Waals surface area contributed by atoms with Gasteiger partial charge in [0, 0.05) is 17.3 Å². The minimum absolute atomic E-state index is 0.111. The van der Waals surface area contributed by atoms with Gasteiger partial charge in [-0.1, -0.05) is 0 Å². The van der Waals surface area contributed by atoms with E-state index in [2.05, 4.69) is 4.98 Å². The highest BCUT2D eigenvalue weighted by Gasteiger charge is 2.19. The van der Waals surface area contributed by atoms with Crippen molar-refractivity contribution in [3.8, 4) is 5.75 Å². The molecule has 0 aliphatic rings. The van der Waals surface area contributed by atoms with Crippen LogP contribution in [0.1, 0.15) is 23.2 Å². The number of alkyl halides is 2. The van der Waals surface area contributed by atoms with Crippen LogP contribution in [0.15, 0.2) is 6.20 Å². The van der Waals surface area contributed by atoms with Crippen LogP contribution in [-0.2, 0) is 11.2 Å². The predicted molar refractivity (Wildman–Crippen MR) is 51.8 cm³/mol. The third kappa shape index (κ3) is 2.44. The molecule has 1 N–H and O–H groups in total. The molecule has 1 heterocycles. The van der Waals surface area contributed by atoms with E-state index in [0.29, 0.717) is 0 Å². The summed E-state index contributed by atoms with van der Waals surface area (Å²) < 4.78 is 30.0. The maximum absolute atomic E-state index is 12.5. The van der Waals surface area contributed by atoms with Gasteiger partial charge in [0.1, 0.15) is 5.75 Å². The van der Waals surface area contributed by atoms with E-state index < -0.39 is 12.4 Å². The number of halogens is 2. The van der Waals surface area contributed by atoms with Crippen molar-refractivity contribution in [1.82, 2.24) is 4.98 Å². The number of nitrogens with zero attached hydrogens (tertiary/aromatic N) is 1. The van der Waals surface area contributed by atoms with E-state index in [9.17, 15) is 13.6 Å². The smallest absolute Gasteiger partial charge is 0.309 e. The van der Waals surface area contributed by atoms with E-state index in [0.717, 1.165) is 6.20 Å². The minimum Gasteiger partial charge on any atom is -0.495 e. The van der Waals surface area contributed by atoms with Crippen molar-refractivity contribution >= 4 is 5.97 Å². The topological polar surface area (TPSA) is 59.4 Å². The molecule has 0 aliphatic heterocycles. The Bertz CT molecular complexity index is 407. The third-order valence-electron chi connectivity index (χ3n) is 2.15. The number of carboxylic acids is 1. The number of aliphatic carboxylic acids is 1. The van der Waals surface area contributed by atoms with Crippen molar-refractivity contribution in [1.29, 1.82) is 0 Å². The lowest BCUT2D eigenvalue weighted by atomic mass is 10.1. The third-order valence-corrected chi connectivity index (χ3v) is 2.15. The maximum atomic E-state index is 12.5. The monoisotopic (exact) mass is 231 g/mol. The van der Waals surface area contributed by atoms with Crippen LogP contribution in [0, 0.1) is 6.92 Å². The fourth-order valence-electron chi connectivity index (χ4n) is 1.41. The van der Waals surface area contributed by atoms with Gasteiger partial charge in [0.2, 0.25) is 0 Å². The average Bonchev–Trinajstić information content (AvgIpc) is 2.16. The van der Waals surface area contributed by atoms with Crippen LogP contribution in [-0.4, -0.2) is 23.2 Å². The van der Waals surface area contributed by atoms with Crippen molar-refractivity contribution in [3.05, 3.63) is 23.0 Å². The second-order valence-corrected chi connectivity index (χ2v) is 3.19. The summed E-state index contributed by atoms with van der Waals surface area (Å²) in [5, 5.41) is 8.61. The first-order valence-electron chi connectivity index (χ1n) is 4.49. The molecular weight excluding hydrogens is 220 g/mol. The summed E-state index contributed by atoms with van der Waals surface area (Å²) in [6.45, 7) is 1.45. The van der Waals surface area contributed by atoms with Gasteiger partial charge in [0.05, 0.1) is 19.2 Å². The largest absolute Gasteiger partial charge is 0.495 e. The Morgan fingerprint density at radius 1 is 1.62 bits per heavy atom. The SMILES string of the molecule is COc1c(CC(=O)O)ncc(C(F)F)c1C. The summed E-state index contributed by atoms with van der Waals surface area (Å²) in [5.41, 5.74) is 0.131. The van der Waals surface area contributed by atoms with Crippen LogP contribution >= 0.6 is 0 Å². The first-order chi connectivity index (χ1) is 7.47. The van der Waals surface area contributed by atoms with Crippen LogP contribution in [0.3, 0.4) is 0 Å². The maximum Gasteiger partial charge on any atom is 0.309 e. The molecule has 88 valence electrons. The summed E-state index contributed by atoms with van der Waals surface area (Å²) in [6.07, 6.45) is -2.02. The fourth-order valence-corrected chi connectivity index (χ4v) is 1.41. The van der Waals surface area contributed by atoms with Crippen molar-refractivity contribution in [2.24, 2.45) is 0 Å². The number of ether oxygens (including phenoxy) is 1. The predicted octanol–water partition coefficient (Wildman–Crippen LogP) is 1.96. The Balaban J connectivity index is 3.23. The molecule has 0 bridgehead atoms. The van der Waals surface area contributed by atoms with Gasteiger partial charge in [0.15, 0.2) is 0 Å². The number of rotatable bonds is 4. The summed E-state index contributed by atoms with van der Waals surface area (Å²) in [5.74, 6) is -0.977. The van der Waals surface area contributed by atoms with E-state index in [1.807, 2.05) is 0 Å². The first-order valence-corrected chi connectivity index (χ1v) is 4.49. The zero-order chi connectivity index (χ0) is 12.3. The van der Waals surface area contributed by atoms with Crippen molar-refractivity contribution in [3.63, 3.8) is 0 Å². The van der Waals surface area contributed by atoms with E-state index >= 15 is 0 Å². The van der Waals surface area contributed by atoms with Gasteiger partial charge < -0.3 is 9.84 Å². The number of carbonyl (C=O) groups is 1. The number of hydrogen-bond acceptors (Lipinski definition) is 3. The molecule has 0 amide bonds. The molecule has 16 heavy (non-hydrogen) atoms. The number of methoxy groups -OCH3 is 1. The Labute approximate surface area is 90.9 Å². The molecule has 0 aromatic carbocycles. The molecule has 0 unspecified atom stereocenters. The average molecular weight is 231 g/mol. The normalized spacial score (nSPS) is 10.6. The van der Waals surface area contributed by atoms with Gasteiger partial charge >= 0.3 is 5.97 Å². The first kappa shape index (κ1) is 12.4. The minimum atomic E-state index is -2.65. The number of hydrogen-bond donors (Lipinski definition) is 1. The number of carboxylic acid groups (broad SMARTS) is 1. The fraction of sp³-hybridized carbons (Fsp3) is 0.400. The molecule has 0 saturated carbocycles. The van der Waals surface area contributed by atoms with E-state index in [4.69, 9.17) is 9.84 Å². The molecule has 1 rings (SSSR count). The second kappa shape index (κ2) is 4.87. The highest BCUT2D eigenvalue weighted by Crippen LogP contribution is 2.30. The van der Waals surface area contributed by atoms with Gasteiger partial charge in [-0.05, 0) is 6.92 Å². The zero-order valence-electron chi connectivity index (χ0n) is 8.83. The second-order valence-electron chi connectivity index (χ2n) is 3.19. The lowest BCUT2D eigenvalue weighted by Gasteiger charge is -2.12. The van der Waals surface area contributed by atoms with Crippen LogP contribution in [0.2, 0.25) is 0 Å². The molecule has 0 aliphatic carbocycles. The van der Waals surface area contributed by atoms with Gasteiger partial charge in [-0.25, -0.2) is 8.78 Å². The lowest BCUT2D eigenvalue weighted by molar-refractivity contribution is -0.136. The number of pyridine rings is 1. The van der Waals surface area contributed by atoms with Gasteiger partial charge in [-0.2, -0.15) is 0 Å². The summed E-state index contributed by atoms with van der Waals surface area (Å²) in [7, 11) is 1.30. The van der Waals surface area contributed by atoms with Crippen LogP contribution in [0.5, 0.6) is 5.75 Å².